The number of hydrogen-bond donors (Lipinski definition) is 1. The molecule has 1 aliphatic heterocycles. The average molecular weight is 417 g/mol. The maximum atomic E-state index is 12.5. The number of likely N-dealkylation sites (tertiary alicyclic amines) is 1. The highest BCUT2D eigenvalue weighted by molar-refractivity contribution is 7.88. The van der Waals surface area contributed by atoms with Crippen LogP contribution < -0.4 is 4.72 Å². The largest absolute Gasteiger partial charge is 0.449 e. The molecule has 3 rings (SSSR count). The molecule has 0 unspecified atom stereocenters. The van der Waals surface area contributed by atoms with Crippen molar-refractivity contribution in [3.8, 4) is 11.1 Å². The molecule has 0 aliphatic carbocycles. The van der Waals surface area contributed by atoms with Crippen molar-refractivity contribution < 1.29 is 17.9 Å². The molecule has 0 saturated carbocycles. The summed E-state index contributed by atoms with van der Waals surface area (Å²) in [6.45, 7) is 2.77. The second kappa shape index (κ2) is 9.41. The van der Waals surface area contributed by atoms with Crippen LogP contribution >= 0.6 is 0 Å². The van der Waals surface area contributed by atoms with Crippen molar-refractivity contribution in [2.75, 3.05) is 19.4 Å². The van der Waals surface area contributed by atoms with Crippen molar-refractivity contribution in [1.29, 1.82) is 0 Å². The molecule has 1 aliphatic rings. The molecule has 1 heterocycles. The quantitative estimate of drug-likeness (QED) is 0.750. The van der Waals surface area contributed by atoms with Gasteiger partial charge >= 0.3 is 6.09 Å². The first-order valence-electron chi connectivity index (χ1n) is 9.92. The smallest absolute Gasteiger partial charge is 0.410 e. The van der Waals surface area contributed by atoms with Gasteiger partial charge in [-0.25, -0.2) is 17.9 Å². The molecule has 2 aromatic rings. The van der Waals surface area contributed by atoms with E-state index in [1.807, 2.05) is 43.3 Å². The number of hydrogen-bond acceptors (Lipinski definition) is 4. The summed E-state index contributed by atoms with van der Waals surface area (Å²) in [5, 5.41) is 0. The van der Waals surface area contributed by atoms with Crippen molar-refractivity contribution in [3.05, 3.63) is 60.2 Å². The molecular weight excluding hydrogens is 388 g/mol. The molecule has 2 atom stereocenters. The Bertz CT molecular complexity index is 931. The van der Waals surface area contributed by atoms with Gasteiger partial charge in [0.05, 0.1) is 18.9 Å². The lowest BCUT2D eigenvalue weighted by Gasteiger charge is -2.28. The molecule has 0 aromatic heterocycles. The van der Waals surface area contributed by atoms with E-state index in [4.69, 9.17) is 4.74 Å². The third-order valence-electron chi connectivity index (χ3n) is 5.05. The van der Waals surface area contributed by atoms with Crippen molar-refractivity contribution in [2.45, 2.75) is 38.3 Å². The van der Waals surface area contributed by atoms with E-state index in [2.05, 4.69) is 22.9 Å². The van der Waals surface area contributed by atoms with Crippen molar-refractivity contribution in [2.24, 2.45) is 0 Å². The van der Waals surface area contributed by atoms with Gasteiger partial charge in [0.2, 0.25) is 10.0 Å². The van der Waals surface area contributed by atoms with Crippen LogP contribution in [0.1, 0.15) is 25.3 Å². The molecule has 6 nitrogen and oxygen atoms in total. The van der Waals surface area contributed by atoms with Crippen LogP contribution in [0.25, 0.3) is 11.1 Å². The Labute approximate surface area is 172 Å². The first kappa shape index (κ1) is 21.3. The molecular formula is C22H28N2O4S. The zero-order chi connectivity index (χ0) is 20.9. The first-order chi connectivity index (χ1) is 13.9. The molecule has 1 fully saturated rings. The van der Waals surface area contributed by atoms with Gasteiger partial charge in [0.1, 0.15) is 0 Å². The number of amides is 1. The molecule has 0 bridgehead atoms. The fourth-order valence-electron chi connectivity index (χ4n) is 3.77. The summed E-state index contributed by atoms with van der Waals surface area (Å²) < 4.78 is 31.7. The Kier molecular flexibility index (Phi) is 6.92. The van der Waals surface area contributed by atoms with Crippen LogP contribution in [-0.4, -0.2) is 50.9 Å². The van der Waals surface area contributed by atoms with E-state index < -0.39 is 10.0 Å². The second-order valence-corrected chi connectivity index (χ2v) is 9.21. The van der Waals surface area contributed by atoms with E-state index >= 15 is 0 Å². The monoisotopic (exact) mass is 416 g/mol. The van der Waals surface area contributed by atoms with Gasteiger partial charge in [-0.3, -0.25) is 0 Å². The predicted octanol–water partition coefficient (Wildman–Crippen LogP) is 3.43. The van der Waals surface area contributed by atoms with E-state index in [1.54, 1.807) is 4.90 Å². The Hall–Kier alpha value is -2.38. The molecule has 1 amide bonds. The number of carbonyl (C=O) groups is 1. The van der Waals surface area contributed by atoms with Gasteiger partial charge in [0.25, 0.3) is 0 Å². The highest BCUT2D eigenvalue weighted by Gasteiger charge is 2.39. The maximum absolute atomic E-state index is 12.5. The third kappa shape index (κ3) is 5.81. The summed E-state index contributed by atoms with van der Waals surface area (Å²) in [5.41, 5.74) is 3.26. The number of sulfonamides is 1. The van der Waals surface area contributed by atoms with E-state index in [1.165, 1.54) is 0 Å². The molecule has 1 N–H and O–H groups in total. The SMILES string of the molecule is CCCOC(=O)N1CC[C@H](NS(C)(=O)=O)[C@@H]1Cc1cccc(-c2ccccc2)c1. The Morgan fingerprint density at radius 2 is 1.86 bits per heavy atom. The predicted molar refractivity (Wildman–Crippen MR) is 114 cm³/mol. The van der Waals surface area contributed by atoms with Gasteiger partial charge in [-0.15, -0.1) is 0 Å². The lowest BCUT2D eigenvalue weighted by Crippen LogP contribution is -2.47. The van der Waals surface area contributed by atoms with Crippen LogP contribution in [0.5, 0.6) is 0 Å². The van der Waals surface area contributed by atoms with Crippen molar-refractivity contribution in [1.82, 2.24) is 9.62 Å². The Balaban J connectivity index is 1.84. The second-order valence-electron chi connectivity index (χ2n) is 7.43. The summed E-state index contributed by atoms with van der Waals surface area (Å²) in [4.78, 5) is 14.2. The lowest BCUT2D eigenvalue weighted by molar-refractivity contribution is 0.0964. The van der Waals surface area contributed by atoms with Crippen LogP contribution in [0.3, 0.4) is 0 Å². The fourth-order valence-corrected chi connectivity index (χ4v) is 4.59. The number of carbonyl (C=O) groups excluding carboxylic acids is 1. The van der Waals surface area contributed by atoms with Crippen molar-refractivity contribution >= 4 is 16.1 Å². The van der Waals surface area contributed by atoms with Gasteiger partial charge in [-0.05, 0) is 36.0 Å². The van der Waals surface area contributed by atoms with E-state index in [0.717, 1.165) is 29.4 Å². The Morgan fingerprint density at radius 3 is 2.55 bits per heavy atom. The zero-order valence-corrected chi connectivity index (χ0v) is 17.7. The van der Waals surface area contributed by atoms with E-state index in [9.17, 15) is 13.2 Å². The molecule has 156 valence electrons. The average Bonchev–Trinajstić information content (AvgIpc) is 3.07. The zero-order valence-electron chi connectivity index (χ0n) is 16.9. The summed E-state index contributed by atoms with van der Waals surface area (Å²) in [6.07, 6.45) is 2.63. The number of ether oxygens (including phenoxy) is 1. The molecule has 0 radical (unpaired) electrons. The molecule has 29 heavy (non-hydrogen) atoms. The minimum atomic E-state index is -3.38. The van der Waals surface area contributed by atoms with Gasteiger partial charge in [-0.1, -0.05) is 61.5 Å². The number of rotatable bonds is 7. The number of nitrogens with zero attached hydrogens (tertiary/aromatic N) is 1. The van der Waals surface area contributed by atoms with Gasteiger partial charge in [0.15, 0.2) is 0 Å². The summed E-state index contributed by atoms with van der Waals surface area (Å²) >= 11 is 0. The Morgan fingerprint density at radius 1 is 1.14 bits per heavy atom. The van der Waals surface area contributed by atoms with Crippen molar-refractivity contribution in [3.63, 3.8) is 0 Å². The summed E-state index contributed by atoms with van der Waals surface area (Å²) in [7, 11) is -3.38. The highest BCUT2D eigenvalue weighted by atomic mass is 32.2. The van der Waals surface area contributed by atoms with Crippen LogP contribution in [0.15, 0.2) is 54.6 Å². The molecule has 7 heteroatoms. The van der Waals surface area contributed by atoms with Gasteiger partial charge in [0, 0.05) is 12.6 Å². The van der Waals surface area contributed by atoms with Gasteiger partial charge in [-0.2, -0.15) is 0 Å². The topological polar surface area (TPSA) is 75.7 Å². The fraction of sp³-hybridized carbons (Fsp3) is 0.409. The standard InChI is InChI=1S/C22H28N2O4S/c1-3-14-28-22(25)24-13-12-20(23-29(2,26)27)21(24)16-17-8-7-11-19(15-17)18-9-5-4-6-10-18/h4-11,15,20-21,23H,3,12-14,16H2,1-2H3/t20-,21-/m0/s1. The highest BCUT2D eigenvalue weighted by Crippen LogP contribution is 2.26. The third-order valence-corrected chi connectivity index (χ3v) is 5.79. The van der Waals surface area contributed by atoms with Crippen LogP contribution in [0, 0.1) is 0 Å². The number of benzene rings is 2. The molecule has 1 saturated heterocycles. The maximum Gasteiger partial charge on any atom is 0.410 e. The molecule has 0 spiro atoms. The summed E-state index contributed by atoms with van der Waals surface area (Å²) in [6, 6.07) is 17.6. The minimum absolute atomic E-state index is 0.292. The molecule has 2 aromatic carbocycles. The summed E-state index contributed by atoms with van der Waals surface area (Å²) in [5.74, 6) is 0. The minimum Gasteiger partial charge on any atom is -0.449 e. The van der Waals surface area contributed by atoms with Crippen LogP contribution in [0.4, 0.5) is 4.79 Å². The van der Waals surface area contributed by atoms with E-state index in [0.29, 0.717) is 26.0 Å². The van der Waals surface area contributed by atoms with Gasteiger partial charge < -0.3 is 9.64 Å². The van der Waals surface area contributed by atoms with Crippen LogP contribution in [0.2, 0.25) is 0 Å². The van der Waals surface area contributed by atoms with E-state index in [-0.39, 0.29) is 18.2 Å². The first-order valence-corrected chi connectivity index (χ1v) is 11.8. The normalized spacial score (nSPS) is 19.3. The lowest BCUT2D eigenvalue weighted by atomic mass is 9.97. The number of nitrogens with one attached hydrogen (secondary N) is 1. The van der Waals surface area contributed by atoms with Crippen LogP contribution in [-0.2, 0) is 21.2 Å².